The minimum Gasteiger partial charge on any atom is -0.368 e. The average Bonchev–Trinajstić information content (AvgIpc) is 3.40. The molecule has 0 saturated carbocycles. The van der Waals surface area contributed by atoms with E-state index in [4.69, 9.17) is 0 Å². The first kappa shape index (κ1) is 22.2. The zero-order valence-electron chi connectivity index (χ0n) is 20.4. The van der Waals surface area contributed by atoms with Crippen LogP contribution in [0.3, 0.4) is 0 Å². The maximum absolute atomic E-state index is 4.66. The van der Waals surface area contributed by atoms with Crippen molar-refractivity contribution < 1.29 is 0 Å². The van der Waals surface area contributed by atoms with E-state index >= 15 is 0 Å². The monoisotopic (exact) mass is 476 g/mol. The number of benzene rings is 1. The lowest BCUT2D eigenvalue weighted by Crippen LogP contribution is -2.44. The van der Waals surface area contributed by atoms with E-state index in [1.807, 2.05) is 49.6 Å². The number of fused-ring (bicyclic) bond motifs is 1. The van der Waals surface area contributed by atoms with Crippen LogP contribution in [0.25, 0.3) is 33.5 Å². The van der Waals surface area contributed by atoms with Gasteiger partial charge in [0.1, 0.15) is 5.82 Å². The van der Waals surface area contributed by atoms with E-state index in [0.717, 1.165) is 82.6 Å². The summed E-state index contributed by atoms with van der Waals surface area (Å²) in [6.45, 7) is 6.20. The van der Waals surface area contributed by atoms with Crippen LogP contribution in [-0.2, 0) is 0 Å². The van der Waals surface area contributed by atoms with Gasteiger partial charge in [-0.1, -0.05) is 12.1 Å². The number of aromatic amines is 1. The lowest BCUT2D eigenvalue weighted by atomic mass is 10.0. The Kier molecular flexibility index (Phi) is 5.79. The van der Waals surface area contributed by atoms with Crippen molar-refractivity contribution >= 4 is 28.1 Å². The van der Waals surface area contributed by atoms with Crippen LogP contribution in [0, 0.1) is 6.92 Å². The van der Waals surface area contributed by atoms with Gasteiger partial charge in [-0.15, -0.1) is 0 Å². The smallest absolute Gasteiger partial charge is 0.130 e. The molecular formula is C28H28N8. The zero-order valence-corrected chi connectivity index (χ0v) is 20.4. The third-order valence-corrected chi connectivity index (χ3v) is 6.63. The Hall–Kier alpha value is -4.30. The molecule has 180 valence electrons. The van der Waals surface area contributed by atoms with Crippen LogP contribution < -0.4 is 10.2 Å². The first-order valence-electron chi connectivity index (χ1n) is 12.2. The summed E-state index contributed by atoms with van der Waals surface area (Å²) < 4.78 is 0. The third kappa shape index (κ3) is 4.50. The fraction of sp³-hybridized carbons (Fsp3) is 0.214. The average molecular weight is 477 g/mol. The number of hydrogen-bond donors (Lipinski definition) is 2. The zero-order chi connectivity index (χ0) is 24.5. The Bertz CT molecular complexity index is 1500. The Morgan fingerprint density at radius 2 is 1.78 bits per heavy atom. The predicted molar refractivity (Wildman–Crippen MR) is 145 cm³/mol. The van der Waals surface area contributed by atoms with Crippen molar-refractivity contribution in [2.24, 2.45) is 0 Å². The molecule has 1 aromatic carbocycles. The van der Waals surface area contributed by atoms with E-state index in [-0.39, 0.29) is 0 Å². The van der Waals surface area contributed by atoms with Crippen molar-refractivity contribution in [3.05, 3.63) is 79.0 Å². The molecule has 0 atom stereocenters. The number of likely N-dealkylation sites (N-methyl/N-ethyl adjacent to an activating group) is 1. The number of rotatable bonds is 5. The third-order valence-electron chi connectivity index (χ3n) is 6.63. The maximum Gasteiger partial charge on any atom is 0.130 e. The van der Waals surface area contributed by atoms with Crippen molar-refractivity contribution in [3.8, 4) is 22.6 Å². The highest BCUT2D eigenvalue weighted by molar-refractivity contribution is 5.88. The first-order chi connectivity index (χ1) is 17.6. The SMILES string of the molecule is Cc1cccc(-c2[nH]cnc2-c2ccc3ncc(Nc4ccc(N5CCN(C)CC5)cn4)cc3c2)n1. The first-order valence-corrected chi connectivity index (χ1v) is 12.2. The number of aryl methyl sites for hydroxylation is 1. The quantitative estimate of drug-likeness (QED) is 0.374. The molecule has 0 bridgehead atoms. The molecule has 8 heteroatoms. The molecule has 1 saturated heterocycles. The Balaban J connectivity index is 1.24. The fourth-order valence-electron chi connectivity index (χ4n) is 4.60. The summed E-state index contributed by atoms with van der Waals surface area (Å²) in [5.74, 6) is 0.797. The van der Waals surface area contributed by atoms with E-state index in [9.17, 15) is 0 Å². The molecule has 8 nitrogen and oxygen atoms in total. The molecule has 0 radical (unpaired) electrons. The molecule has 0 unspecified atom stereocenters. The Morgan fingerprint density at radius 1 is 0.889 bits per heavy atom. The van der Waals surface area contributed by atoms with E-state index in [2.05, 4.69) is 71.3 Å². The van der Waals surface area contributed by atoms with E-state index < -0.39 is 0 Å². The topological polar surface area (TPSA) is 85.9 Å². The molecule has 6 rings (SSSR count). The molecule has 0 amide bonds. The van der Waals surface area contributed by atoms with Gasteiger partial charge in [-0.3, -0.25) is 9.97 Å². The van der Waals surface area contributed by atoms with Crippen LogP contribution >= 0.6 is 0 Å². The van der Waals surface area contributed by atoms with Crippen LogP contribution in [0.5, 0.6) is 0 Å². The number of nitrogens with zero attached hydrogens (tertiary/aromatic N) is 6. The molecule has 4 aromatic heterocycles. The minimum absolute atomic E-state index is 0.797. The summed E-state index contributed by atoms with van der Waals surface area (Å²) in [6, 6.07) is 18.4. The number of aromatic nitrogens is 5. The molecule has 2 N–H and O–H groups in total. The number of piperazine rings is 1. The summed E-state index contributed by atoms with van der Waals surface area (Å²) in [6.07, 6.45) is 5.50. The minimum atomic E-state index is 0.797. The second-order valence-corrected chi connectivity index (χ2v) is 9.24. The number of imidazole rings is 1. The van der Waals surface area contributed by atoms with Gasteiger partial charge in [0.05, 0.1) is 52.7 Å². The molecular weight excluding hydrogens is 448 g/mol. The largest absolute Gasteiger partial charge is 0.368 e. The molecule has 1 fully saturated rings. The second kappa shape index (κ2) is 9.39. The molecule has 1 aliphatic heterocycles. The highest BCUT2D eigenvalue weighted by atomic mass is 15.2. The summed E-state index contributed by atoms with van der Waals surface area (Å²) >= 11 is 0. The van der Waals surface area contributed by atoms with Crippen LogP contribution in [0.15, 0.2) is 73.3 Å². The van der Waals surface area contributed by atoms with Gasteiger partial charge in [-0.05, 0) is 56.4 Å². The summed E-state index contributed by atoms with van der Waals surface area (Å²) in [5.41, 5.74) is 7.61. The molecule has 0 aliphatic carbocycles. The summed E-state index contributed by atoms with van der Waals surface area (Å²) in [5, 5.41) is 4.42. The van der Waals surface area contributed by atoms with Gasteiger partial charge in [0.15, 0.2) is 0 Å². The van der Waals surface area contributed by atoms with E-state index in [1.54, 1.807) is 6.33 Å². The highest BCUT2D eigenvalue weighted by Crippen LogP contribution is 2.31. The molecule has 5 heterocycles. The van der Waals surface area contributed by atoms with Gasteiger partial charge in [0, 0.05) is 42.8 Å². The van der Waals surface area contributed by atoms with Gasteiger partial charge < -0.3 is 20.1 Å². The van der Waals surface area contributed by atoms with E-state index in [1.165, 1.54) is 0 Å². The lowest BCUT2D eigenvalue weighted by Gasteiger charge is -2.33. The van der Waals surface area contributed by atoms with Gasteiger partial charge >= 0.3 is 0 Å². The Morgan fingerprint density at radius 3 is 2.58 bits per heavy atom. The van der Waals surface area contributed by atoms with Gasteiger partial charge in [0.25, 0.3) is 0 Å². The fourth-order valence-corrected chi connectivity index (χ4v) is 4.60. The second-order valence-electron chi connectivity index (χ2n) is 9.24. The van der Waals surface area contributed by atoms with Crippen molar-refractivity contribution in [1.29, 1.82) is 0 Å². The normalized spacial score (nSPS) is 14.3. The standard InChI is InChI=1S/C28H28N8/c1-19-4-3-5-25(33-19)28-27(31-18-32-28)20-6-8-24-21(14-20)15-22(16-29-24)34-26-9-7-23(17-30-26)36-12-10-35(2)11-13-36/h3-9,14-18H,10-13H2,1-2H3,(H,30,34)(H,31,32). The molecule has 1 aliphatic rings. The van der Waals surface area contributed by atoms with Crippen LogP contribution in [0.2, 0.25) is 0 Å². The molecule has 0 spiro atoms. The van der Waals surface area contributed by atoms with Crippen molar-refractivity contribution in [3.63, 3.8) is 0 Å². The number of anilines is 3. The predicted octanol–water partition coefficient (Wildman–Crippen LogP) is 4.89. The van der Waals surface area contributed by atoms with Crippen LogP contribution in [0.1, 0.15) is 5.69 Å². The Labute approximate surface area is 210 Å². The van der Waals surface area contributed by atoms with Crippen molar-refractivity contribution in [2.75, 3.05) is 43.4 Å². The number of hydrogen-bond acceptors (Lipinski definition) is 7. The number of pyridine rings is 3. The number of H-pyrrole nitrogens is 1. The van der Waals surface area contributed by atoms with Gasteiger partial charge in [-0.2, -0.15) is 0 Å². The van der Waals surface area contributed by atoms with Gasteiger partial charge in [0.2, 0.25) is 0 Å². The lowest BCUT2D eigenvalue weighted by molar-refractivity contribution is 0.313. The number of nitrogens with one attached hydrogen (secondary N) is 2. The highest BCUT2D eigenvalue weighted by Gasteiger charge is 2.15. The summed E-state index contributed by atoms with van der Waals surface area (Å²) in [4.78, 5) is 26.5. The van der Waals surface area contributed by atoms with E-state index in [0.29, 0.717) is 0 Å². The van der Waals surface area contributed by atoms with Crippen molar-refractivity contribution in [1.82, 2.24) is 29.8 Å². The maximum atomic E-state index is 4.66. The molecule has 36 heavy (non-hydrogen) atoms. The summed E-state index contributed by atoms with van der Waals surface area (Å²) in [7, 11) is 2.16. The van der Waals surface area contributed by atoms with Crippen molar-refractivity contribution in [2.45, 2.75) is 6.92 Å². The van der Waals surface area contributed by atoms with Gasteiger partial charge in [-0.25, -0.2) is 9.97 Å². The van der Waals surface area contributed by atoms with Crippen LogP contribution in [0.4, 0.5) is 17.2 Å². The van der Waals surface area contributed by atoms with Crippen LogP contribution in [-0.4, -0.2) is 63.0 Å². The molecule has 5 aromatic rings.